The van der Waals surface area contributed by atoms with Crippen molar-refractivity contribution in [2.75, 3.05) is 7.11 Å². The fourth-order valence-electron chi connectivity index (χ4n) is 2.74. The molecule has 1 heterocycles. The average molecular weight is 276 g/mol. The highest BCUT2D eigenvalue weighted by Gasteiger charge is 2.34. The van der Waals surface area contributed by atoms with Crippen LogP contribution in [0.4, 0.5) is 0 Å². The molecule has 0 amide bonds. The van der Waals surface area contributed by atoms with Gasteiger partial charge in [-0.05, 0) is 30.5 Å². The van der Waals surface area contributed by atoms with E-state index in [4.69, 9.17) is 9.47 Å². The second-order valence-electron chi connectivity index (χ2n) is 5.47. The first-order chi connectivity index (χ1) is 9.74. The number of ether oxygens (including phenoxy) is 2. The van der Waals surface area contributed by atoms with Crippen LogP contribution in [0.15, 0.2) is 24.3 Å². The van der Waals surface area contributed by atoms with Gasteiger partial charge in [0.15, 0.2) is 0 Å². The van der Waals surface area contributed by atoms with Crippen molar-refractivity contribution in [1.82, 2.24) is 0 Å². The van der Waals surface area contributed by atoms with Gasteiger partial charge in [-0.25, -0.2) is 0 Å². The molecule has 20 heavy (non-hydrogen) atoms. The Kier molecular flexibility index (Phi) is 5.45. The Morgan fingerprint density at radius 2 is 1.95 bits per heavy atom. The van der Waals surface area contributed by atoms with E-state index in [1.165, 1.54) is 19.3 Å². The van der Waals surface area contributed by atoms with Crippen LogP contribution in [0.1, 0.15) is 56.9 Å². The highest BCUT2D eigenvalue weighted by molar-refractivity contribution is 5.80. The van der Waals surface area contributed by atoms with Gasteiger partial charge in [0.2, 0.25) is 0 Å². The van der Waals surface area contributed by atoms with Gasteiger partial charge in [0.25, 0.3) is 0 Å². The molecule has 1 aromatic rings. The molecule has 3 heteroatoms. The van der Waals surface area contributed by atoms with Gasteiger partial charge in [-0.15, -0.1) is 0 Å². The van der Waals surface area contributed by atoms with Gasteiger partial charge in [-0.3, -0.25) is 4.79 Å². The Bertz CT molecular complexity index is 424. The van der Waals surface area contributed by atoms with Crippen molar-refractivity contribution in [3.8, 4) is 5.75 Å². The highest BCUT2D eigenvalue weighted by Crippen LogP contribution is 2.33. The van der Waals surface area contributed by atoms with E-state index in [0.717, 1.165) is 30.6 Å². The molecule has 0 N–H and O–H groups in total. The summed E-state index contributed by atoms with van der Waals surface area (Å²) in [5, 5.41) is 0. The monoisotopic (exact) mass is 276 g/mol. The molecule has 1 saturated heterocycles. The Hall–Kier alpha value is -1.51. The number of rotatable bonds is 7. The number of esters is 1. The van der Waals surface area contributed by atoms with Crippen molar-refractivity contribution in [2.24, 2.45) is 0 Å². The lowest BCUT2D eigenvalue weighted by Crippen LogP contribution is -2.06. The van der Waals surface area contributed by atoms with Crippen LogP contribution in [0.2, 0.25) is 0 Å². The number of carbonyl (C=O) groups excluding carboxylic acids is 1. The van der Waals surface area contributed by atoms with Gasteiger partial charge in [-0.1, -0.05) is 38.3 Å². The summed E-state index contributed by atoms with van der Waals surface area (Å²) >= 11 is 0. The molecule has 0 saturated carbocycles. The van der Waals surface area contributed by atoms with Gasteiger partial charge >= 0.3 is 5.97 Å². The maximum absolute atomic E-state index is 12.0. The maximum Gasteiger partial charge on any atom is 0.313 e. The zero-order valence-electron chi connectivity index (χ0n) is 12.4. The minimum absolute atomic E-state index is 0.0735. The first kappa shape index (κ1) is 14.9. The van der Waals surface area contributed by atoms with Crippen molar-refractivity contribution in [1.29, 1.82) is 0 Å². The summed E-state index contributed by atoms with van der Waals surface area (Å²) in [6.07, 6.45) is 6.81. The van der Waals surface area contributed by atoms with Crippen LogP contribution in [0, 0.1) is 0 Å². The van der Waals surface area contributed by atoms with Crippen LogP contribution in [-0.2, 0) is 9.53 Å². The molecule has 1 fully saturated rings. The summed E-state index contributed by atoms with van der Waals surface area (Å²) < 4.78 is 10.6. The van der Waals surface area contributed by atoms with Crippen LogP contribution >= 0.6 is 0 Å². The number of benzene rings is 1. The summed E-state index contributed by atoms with van der Waals surface area (Å²) in [5.41, 5.74) is 1.03. The molecule has 0 spiro atoms. The number of carbonyl (C=O) groups is 1. The molecule has 0 aliphatic carbocycles. The fourth-order valence-corrected chi connectivity index (χ4v) is 2.74. The van der Waals surface area contributed by atoms with Gasteiger partial charge in [0.1, 0.15) is 11.9 Å². The predicted molar refractivity (Wildman–Crippen MR) is 79.0 cm³/mol. The third kappa shape index (κ3) is 3.75. The number of unbranched alkanes of at least 4 members (excludes halogenated alkanes) is 3. The van der Waals surface area contributed by atoms with Crippen molar-refractivity contribution < 1.29 is 14.3 Å². The largest absolute Gasteiger partial charge is 0.497 e. The molecule has 1 aromatic carbocycles. The molecule has 1 aliphatic rings. The van der Waals surface area contributed by atoms with E-state index in [1.54, 1.807) is 7.11 Å². The van der Waals surface area contributed by atoms with Crippen molar-refractivity contribution in [2.45, 2.75) is 57.5 Å². The SMILES string of the molecule is CCCCCC[C@@H]1C[C@@H](c2ccc(OC)cc2)C(=O)O1. The molecule has 0 aromatic heterocycles. The zero-order valence-corrected chi connectivity index (χ0v) is 12.4. The second kappa shape index (κ2) is 7.32. The predicted octanol–water partition coefficient (Wildman–Crippen LogP) is 4.06. The lowest BCUT2D eigenvalue weighted by molar-refractivity contribution is -0.142. The molecule has 110 valence electrons. The first-order valence-electron chi connectivity index (χ1n) is 7.59. The third-order valence-corrected chi connectivity index (χ3v) is 3.96. The molecule has 1 aliphatic heterocycles. The first-order valence-corrected chi connectivity index (χ1v) is 7.59. The third-order valence-electron chi connectivity index (χ3n) is 3.96. The van der Waals surface area contributed by atoms with E-state index in [0.29, 0.717) is 0 Å². The van der Waals surface area contributed by atoms with Crippen LogP contribution in [0.25, 0.3) is 0 Å². The maximum atomic E-state index is 12.0. The van der Waals surface area contributed by atoms with Crippen LogP contribution in [0.5, 0.6) is 5.75 Å². The Morgan fingerprint density at radius 3 is 2.60 bits per heavy atom. The topological polar surface area (TPSA) is 35.5 Å². The summed E-state index contributed by atoms with van der Waals surface area (Å²) in [7, 11) is 1.64. The smallest absolute Gasteiger partial charge is 0.313 e. The minimum atomic E-state index is -0.0999. The molecule has 0 radical (unpaired) electrons. The average Bonchev–Trinajstić information content (AvgIpc) is 2.85. The Morgan fingerprint density at radius 1 is 1.20 bits per heavy atom. The second-order valence-corrected chi connectivity index (χ2v) is 5.47. The summed E-state index contributed by atoms with van der Waals surface area (Å²) in [4.78, 5) is 12.0. The Balaban J connectivity index is 1.88. The number of cyclic esters (lactones) is 1. The fraction of sp³-hybridized carbons (Fsp3) is 0.588. The number of hydrogen-bond acceptors (Lipinski definition) is 3. The molecular weight excluding hydrogens is 252 g/mol. The molecule has 2 rings (SSSR count). The Labute approximate surface area is 121 Å². The van der Waals surface area contributed by atoms with E-state index in [9.17, 15) is 4.79 Å². The molecule has 3 nitrogen and oxygen atoms in total. The standard InChI is InChI=1S/C17H24O3/c1-3-4-5-6-7-15-12-16(17(18)20-15)13-8-10-14(19-2)11-9-13/h8-11,15-16H,3-7,12H2,1-2H3/t15-,16+/m1/s1. The van der Waals surface area contributed by atoms with Crippen LogP contribution in [0.3, 0.4) is 0 Å². The lowest BCUT2D eigenvalue weighted by atomic mass is 9.94. The zero-order chi connectivity index (χ0) is 14.4. The van der Waals surface area contributed by atoms with E-state index in [1.807, 2.05) is 24.3 Å². The normalized spacial score (nSPS) is 21.8. The van der Waals surface area contributed by atoms with E-state index in [2.05, 4.69) is 6.92 Å². The number of methoxy groups -OCH3 is 1. The quantitative estimate of drug-likeness (QED) is 0.556. The molecule has 0 bridgehead atoms. The van der Waals surface area contributed by atoms with Gasteiger partial charge in [-0.2, -0.15) is 0 Å². The lowest BCUT2D eigenvalue weighted by Gasteiger charge is -2.08. The van der Waals surface area contributed by atoms with Crippen molar-refractivity contribution in [3.05, 3.63) is 29.8 Å². The molecule has 2 atom stereocenters. The minimum Gasteiger partial charge on any atom is -0.497 e. The molecular formula is C17H24O3. The van der Waals surface area contributed by atoms with E-state index >= 15 is 0 Å². The highest BCUT2D eigenvalue weighted by atomic mass is 16.5. The van der Waals surface area contributed by atoms with Gasteiger partial charge in [0.05, 0.1) is 13.0 Å². The van der Waals surface area contributed by atoms with E-state index < -0.39 is 0 Å². The van der Waals surface area contributed by atoms with Gasteiger partial charge in [0, 0.05) is 6.42 Å². The van der Waals surface area contributed by atoms with Crippen LogP contribution in [-0.4, -0.2) is 19.2 Å². The summed E-state index contributed by atoms with van der Waals surface area (Å²) in [6, 6.07) is 7.73. The summed E-state index contributed by atoms with van der Waals surface area (Å²) in [6.45, 7) is 2.20. The van der Waals surface area contributed by atoms with Crippen molar-refractivity contribution >= 4 is 5.97 Å². The van der Waals surface area contributed by atoms with E-state index in [-0.39, 0.29) is 18.0 Å². The van der Waals surface area contributed by atoms with Gasteiger partial charge < -0.3 is 9.47 Å². The van der Waals surface area contributed by atoms with Crippen LogP contribution < -0.4 is 4.74 Å². The molecule has 0 unspecified atom stereocenters. The summed E-state index contributed by atoms with van der Waals surface area (Å²) in [5.74, 6) is 0.643. The number of hydrogen-bond donors (Lipinski definition) is 0. The van der Waals surface area contributed by atoms with Crippen molar-refractivity contribution in [3.63, 3.8) is 0 Å².